The van der Waals surface area contributed by atoms with Crippen LogP contribution in [0.4, 0.5) is 0 Å². The fourth-order valence-corrected chi connectivity index (χ4v) is 3.73. The van der Waals surface area contributed by atoms with Gasteiger partial charge in [-0.1, -0.05) is 47.5 Å². The van der Waals surface area contributed by atoms with Gasteiger partial charge in [0.15, 0.2) is 23.8 Å². The number of aryl methyl sites for hydroxylation is 4. The lowest BCUT2D eigenvalue weighted by atomic mass is 10.0. The minimum absolute atomic E-state index is 0.0411. The van der Waals surface area contributed by atoms with E-state index in [2.05, 4.69) is 22.1 Å². The molecule has 160 valence electrons. The van der Waals surface area contributed by atoms with Crippen molar-refractivity contribution in [3.8, 4) is 45.7 Å². The summed E-state index contributed by atoms with van der Waals surface area (Å²) in [6.07, 6.45) is 0.523. The fraction of sp³-hybridized carbons (Fsp3) is 0.154. The number of benzene rings is 3. The summed E-state index contributed by atoms with van der Waals surface area (Å²) in [5.74, 6) is 0.604. The van der Waals surface area contributed by atoms with Gasteiger partial charge in [-0.2, -0.15) is 0 Å². The average molecular weight is 425 g/mol. The van der Waals surface area contributed by atoms with Crippen molar-refractivity contribution in [2.75, 3.05) is 0 Å². The molecule has 0 aliphatic carbocycles. The topological polar surface area (TPSA) is 96.2 Å². The van der Waals surface area contributed by atoms with Crippen molar-refractivity contribution in [3.05, 3.63) is 76.3 Å². The second kappa shape index (κ2) is 8.23. The van der Waals surface area contributed by atoms with E-state index in [0.717, 1.165) is 39.4 Å². The SMILES string of the molecule is Cc1ccc(-c2nc(-c3ccc(C)cc3C)nc(-c3cc(C=O)c(O)cc3O)n2)c(C)c1. The van der Waals surface area contributed by atoms with E-state index in [-0.39, 0.29) is 28.5 Å². The number of hydrogen-bond acceptors (Lipinski definition) is 6. The number of hydrogen-bond donors (Lipinski definition) is 2. The van der Waals surface area contributed by atoms with Crippen LogP contribution >= 0.6 is 0 Å². The van der Waals surface area contributed by atoms with Gasteiger partial charge in [0.25, 0.3) is 0 Å². The minimum atomic E-state index is -0.306. The Kier molecular flexibility index (Phi) is 5.45. The van der Waals surface area contributed by atoms with Crippen LogP contribution in [0.5, 0.6) is 11.5 Å². The highest BCUT2D eigenvalue weighted by Crippen LogP contribution is 2.35. The molecule has 0 unspecified atom stereocenters. The molecule has 0 saturated heterocycles. The fourth-order valence-electron chi connectivity index (χ4n) is 3.73. The van der Waals surface area contributed by atoms with Crippen molar-refractivity contribution < 1.29 is 15.0 Å². The number of carbonyl (C=O) groups is 1. The summed E-state index contributed by atoms with van der Waals surface area (Å²) in [4.78, 5) is 25.4. The van der Waals surface area contributed by atoms with Crippen LogP contribution in [-0.4, -0.2) is 31.5 Å². The van der Waals surface area contributed by atoms with E-state index in [1.807, 2.05) is 52.0 Å². The number of aromatic nitrogens is 3. The van der Waals surface area contributed by atoms with Gasteiger partial charge in [-0.05, 0) is 44.9 Å². The Labute approximate surface area is 186 Å². The number of nitrogens with zero attached hydrogens (tertiary/aromatic N) is 3. The molecule has 0 radical (unpaired) electrons. The van der Waals surface area contributed by atoms with Crippen molar-refractivity contribution in [2.45, 2.75) is 27.7 Å². The highest BCUT2D eigenvalue weighted by Gasteiger charge is 2.18. The van der Waals surface area contributed by atoms with Crippen LogP contribution in [0.2, 0.25) is 0 Å². The maximum atomic E-state index is 11.4. The Morgan fingerprint density at radius 2 is 1.09 bits per heavy atom. The molecule has 1 aromatic heterocycles. The largest absolute Gasteiger partial charge is 0.507 e. The van der Waals surface area contributed by atoms with Crippen LogP contribution in [0, 0.1) is 27.7 Å². The first kappa shape index (κ1) is 21.2. The summed E-state index contributed by atoms with van der Waals surface area (Å²) in [6, 6.07) is 14.5. The number of carbonyl (C=O) groups excluding carboxylic acids is 1. The molecule has 1 heterocycles. The molecule has 0 fully saturated rings. The Bertz CT molecular complexity index is 1290. The van der Waals surface area contributed by atoms with E-state index in [4.69, 9.17) is 4.98 Å². The molecule has 0 aliphatic heterocycles. The van der Waals surface area contributed by atoms with Crippen LogP contribution in [0.15, 0.2) is 48.5 Å². The highest BCUT2D eigenvalue weighted by molar-refractivity contribution is 5.84. The zero-order chi connectivity index (χ0) is 23.0. The normalized spacial score (nSPS) is 10.9. The van der Waals surface area contributed by atoms with Gasteiger partial charge in [0, 0.05) is 17.2 Å². The molecule has 32 heavy (non-hydrogen) atoms. The van der Waals surface area contributed by atoms with Crippen molar-refractivity contribution in [1.82, 2.24) is 15.0 Å². The second-order valence-corrected chi connectivity index (χ2v) is 7.99. The first-order valence-corrected chi connectivity index (χ1v) is 10.2. The van der Waals surface area contributed by atoms with Crippen molar-refractivity contribution in [2.24, 2.45) is 0 Å². The average Bonchev–Trinajstić information content (AvgIpc) is 2.73. The van der Waals surface area contributed by atoms with Gasteiger partial charge >= 0.3 is 0 Å². The van der Waals surface area contributed by atoms with Gasteiger partial charge in [0.05, 0.1) is 11.1 Å². The molecular formula is C26H23N3O3. The number of rotatable bonds is 4. The summed E-state index contributed by atoms with van der Waals surface area (Å²) in [5.41, 5.74) is 6.25. The molecule has 0 spiro atoms. The Morgan fingerprint density at radius 3 is 1.53 bits per heavy atom. The van der Waals surface area contributed by atoms with E-state index in [1.165, 1.54) is 6.07 Å². The van der Waals surface area contributed by atoms with Crippen LogP contribution < -0.4 is 0 Å². The third-order valence-electron chi connectivity index (χ3n) is 5.39. The minimum Gasteiger partial charge on any atom is -0.507 e. The van der Waals surface area contributed by atoms with E-state index in [1.54, 1.807) is 0 Å². The maximum Gasteiger partial charge on any atom is 0.167 e. The molecule has 0 saturated carbocycles. The predicted octanol–water partition coefficient (Wildman–Crippen LogP) is 5.33. The summed E-state index contributed by atoms with van der Waals surface area (Å²) >= 11 is 0. The zero-order valence-corrected chi connectivity index (χ0v) is 18.3. The third kappa shape index (κ3) is 3.95. The summed E-state index contributed by atoms with van der Waals surface area (Å²) in [7, 11) is 0. The quantitative estimate of drug-likeness (QED) is 0.429. The van der Waals surface area contributed by atoms with Crippen LogP contribution in [0.1, 0.15) is 32.6 Å². The Morgan fingerprint density at radius 1 is 0.625 bits per heavy atom. The summed E-state index contributed by atoms with van der Waals surface area (Å²) in [6.45, 7) is 8.02. The first-order valence-electron chi connectivity index (χ1n) is 10.2. The van der Waals surface area contributed by atoms with Crippen molar-refractivity contribution in [3.63, 3.8) is 0 Å². The molecule has 3 aromatic carbocycles. The zero-order valence-electron chi connectivity index (χ0n) is 18.3. The smallest absolute Gasteiger partial charge is 0.167 e. The number of phenolic OH excluding ortho intramolecular Hbond substituents is 2. The predicted molar refractivity (Wildman–Crippen MR) is 124 cm³/mol. The summed E-state index contributed by atoms with van der Waals surface area (Å²) in [5, 5.41) is 20.4. The lowest BCUT2D eigenvalue weighted by molar-refractivity contribution is 0.112. The van der Waals surface area contributed by atoms with Crippen molar-refractivity contribution in [1.29, 1.82) is 0 Å². The van der Waals surface area contributed by atoms with E-state index >= 15 is 0 Å². The first-order chi connectivity index (χ1) is 15.3. The molecule has 6 nitrogen and oxygen atoms in total. The van der Waals surface area contributed by atoms with E-state index in [9.17, 15) is 15.0 Å². The molecule has 6 heteroatoms. The molecule has 0 amide bonds. The molecule has 0 aliphatic rings. The van der Waals surface area contributed by atoms with Gasteiger partial charge in [-0.25, -0.2) is 15.0 Å². The number of phenols is 2. The Hall–Kier alpha value is -4.06. The number of aromatic hydroxyl groups is 2. The second-order valence-electron chi connectivity index (χ2n) is 7.99. The Balaban J connectivity index is 2.01. The van der Waals surface area contributed by atoms with Crippen molar-refractivity contribution >= 4 is 6.29 Å². The summed E-state index contributed by atoms with van der Waals surface area (Å²) < 4.78 is 0. The number of aldehydes is 1. The lowest BCUT2D eigenvalue weighted by Crippen LogP contribution is -2.02. The van der Waals surface area contributed by atoms with Gasteiger partial charge in [0.2, 0.25) is 0 Å². The van der Waals surface area contributed by atoms with Gasteiger partial charge in [-0.3, -0.25) is 4.79 Å². The van der Waals surface area contributed by atoms with Gasteiger partial charge in [0.1, 0.15) is 11.5 Å². The molecule has 2 N–H and O–H groups in total. The van der Waals surface area contributed by atoms with E-state index < -0.39 is 0 Å². The lowest BCUT2D eigenvalue weighted by Gasteiger charge is -2.13. The molecule has 0 bridgehead atoms. The molecule has 4 aromatic rings. The molecule has 0 atom stereocenters. The van der Waals surface area contributed by atoms with Gasteiger partial charge < -0.3 is 10.2 Å². The van der Waals surface area contributed by atoms with Crippen LogP contribution in [0.3, 0.4) is 0 Å². The van der Waals surface area contributed by atoms with Crippen LogP contribution in [0.25, 0.3) is 34.2 Å². The monoisotopic (exact) mass is 425 g/mol. The third-order valence-corrected chi connectivity index (χ3v) is 5.39. The van der Waals surface area contributed by atoms with Gasteiger partial charge in [-0.15, -0.1) is 0 Å². The standard InChI is InChI=1S/C26H23N3O3/c1-14-5-7-19(16(3)9-14)24-27-25(20-8-6-15(2)10-17(20)4)29-26(28-24)21-11-18(13-30)22(31)12-23(21)32/h5-13,31-32H,1-4H3. The van der Waals surface area contributed by atoms with E-state index in [0.29, 0.717) is 17.9 Å². The highest BCUT2D eigenvalue weighted by atomic mass is 16.3. The van der Waals surface area contributed by atoms with Crippen LogP contribution in [-0.2, 0) is 0 Å². The molecular weight excluding hydrogens is 402 g/mol. The maximum absolute atomic E-state index is 11.4. The molecule has 4 rings (SSSR count).